The summed E-state index contributed by atoms with van der Waals surface area (Å²) in [5.74, 6) is -0.775. The van der Waals surface area contributed by atoms with E-state index in [9.17, 15) is 9.59 Å². The maximum Gasteiger partial charge on any atom is 0.310 e. The van der Waals surface area contributed by atoms with E-state index >= 15 is 0 Å². The van der Waals surface area contributed by atoms with Crippen molar-refractivity contribution in [1.29, 1.82) is 0 Å². The van der Waals surface area contributed by atoms with Crippen LogP contribution in [0.5, 0.6) is 0 Å². The van der Waals surface area contributed by atoms with E-state index in [1.165, 1.54) is 0 Å². The highest BCUT2D eigenvalue weighted by Gasteiger charge is 2.16. The molecule has 7 heteroatoms. The third-order valence-electron chi connectivity index (χ3n) is 2.13. The molecule has 0 aliphatic heterocycles. The predicted molar refractivity (Wildman–Crippen MR) is 75.4 cm³/mol. The molecule has 1 amide bonds. The van der Waals surface area contributed by atoms with Gasteiger partial charge in [0.25, 0.3) is 0 Å². The van der Waals surface area contributed by atoms with Gasteiger partial charge < -0.3 is 20.1 Å². The molecule has 0 radical (unpaired) electrons. The number of methoxy groups -OCH3 is 1. The predicted octanol–water partition coefficient (Wildman–Crippen LogP) is 0.348. The topological polar surface area (TPSA) is 76.7 Å². The maximum atomic E-state index is 11.5. The van der Waals surface area contributed by atoms with Crippen molar-refractivity contribution in [3.63, 3.8) is 0 Å². The molecular weight excluding hydrogens is 272 g/mol. The summed E-state index contributed by atoms with van der Waals surface area (Å²) in [5, 5.41) is 5.59. The van der Waals surface area contributed by atoms with E-state index in [0.29, 0.717) is 13.2 Å². The summed E-state index contributed by atoms with van der Waals surface area (Å²) in [6.45, 7) is 7.00. The number of carbonyl (C=O) groups excluding carboxylic acids is 2. The lowest BCUT2D eigenvalue weighted by Gasteiger charge is -2.14. The van der Waals surface area contributed by atoms with E-state index in [0.717, 1.165) is 0 Å². The summed E-state index contributed by atoms with van der Waals surface area (Å²) in [6.07, 6.45) is -0.133. The van der Waals surface area contributed by atoms with Gasteiger partial charge in [0.2, 0.25) is 5.91 Å². The fourth-order valence-corrected chi connectivity index (χ4v) is 1.14. The number of carbonyl (C=O) groups is 2. The van der Waals surface area contributed by atoms with Gasteiger partial charge in [0.15, 0.2) is 0 Å². The second-order valence-corrected chi connectivity index (χ2v) is 4.36. The number of amides is 1. The Hall–Kier alpha value is -0.850. The molecule has 0 aromatic heterocycles. The number of halogens is 1. The van der Waals surface area contributed by atoms with E-state index in [2.05, 4.69) is 10.6 Å². The zero-order valence-electron chi connectivity index (χ0n) is 12.0. The number of ether oxygens (including phenoxy) is 2. The number of esters is 1. The first-order valence-corrected chi connectivity index (χ1v) is 6.14. The van der Waals surface area contributed by atoms with Crippen LogP contribution in [0.15, 0.2) is 0 Å². The fraction of sp³-hybridized carbons (Fsp3) is 0.833. The molecular formula is C12H25ClN2O4. The summed E-state index contributed by atoms with van der Waals surface area (Å²) in [7, 11) is 1.60. The molecule has 0 heterocycles. The van der Waals surface area contributed by atoms with Crippen LogP contribution in [0.4, 0.5) is 0 Å². The van der Waals surface area contributed by atoms with E-state index in [1.807, 2.05) is 0 Å². The van der Waals surface area contributed by atoms with Crippen LogP contribution < -0.4 is 10.6 Å². The van der Waals surface area contributed by atoms with E-state index in [-0.39, 0.29) is 49.4 Å². The van der Waals surface area contributed by atoms with E-state index in [4.69, 9.17) is 9.47 Å². The monoisotopic (exact) mass is 296 g/mol. The Morgan fingerprint density at radius 2 is 1.84 bits per heavy atom. The van der Waals surface area contributed by atoms with Crippen molar-refractivity contribution in [3.05, 3.63) is 0 Å². The normalized spacial score (nSPS) is 11.6. The molecule has 6 nitrogen and oxygen atoms in total. The quantitative estimate of drug-likeness (QED) is 0.474. The first-order chi connectivity index (χ1) is 8.47. The van der Waals surface area contributed by atoms with Gasteiger partial charge in [-0.15, -0.1) is 12.4 Å². The number of nitrogens with one attached hydrogen (secondary N) is 2. The smallest absolute Gasteiger partial charge is 0.310 e. The summed E-state index contributed by atoms with van der Waals surface area (Å²) in [4.78, 5) is 22.8. The average molecular weight is 297 g/mol. The highest BCUT2D eigenvalue weighted by atomic mass is 35.5. The van der Waals surface area contributed by atoms with E-state index in [1.54, 1.807) is 27.9 Å². The van der Waals surface area contributed by atoms with Crippen LogP contribution in [0.1, 0.15) is 20.8 Å². The molecule has 114 valence electrons. The largest absolute Gasteiger partial charge is 0.463 e. The molecule has 0 aromatic carbocycles. The number of hydrogen-bond donors (Lipinski definition) is 2. The second kappa shape index (κ2) is 12.2. The van der Waals surface area contributed by atoms with Crippen LogP contribution in [0.25, 0.3) is 0 Å². The molecule has 0 rings (SSSR count). The molecule has 0 aromatic rings. The summed E-state index contributed by atoms with van der Waals surface area (Å²) < 4.78 is 9.87. The van der Waals surface area contributed by atoms with Crippen molar-refractivity contribution in [2.24, 2.45) is 5.92 Å². The highest BCUT2D eigenvalue weighted by Crippen LogP contribution is 2.00. The number of rotatable bonds is 9. The van der Waals surface area contributed by atoms with Gasteiger partial charge >= 0.3 is 5.97 Å². The molecule has 19 heavy (non-hydrogen) atoms. The third kappa shape index (κ3) is 11.9. The van der Waals surface area contributed by atoms with Crippen LogP contribution in [-0.4, -0.2) is 51.3 Å². The molecule has 2 N–H and O–H groups in total. The van der Waals surface area contributed by atoms with Gasteiger partial charge in [-0.25, -0.2) is 0 Å². The minimum Gasteiger partial charge on any atom is -0.463 e. The van der Waals surface area contributed by atoms with Crippen LogP contribution in [0.3, 0.4) is 0 Å². The molecule has 1 unspecified atom stereocenters. The fourth-order valence-electron chi connectivity index (χ4n) is 1.14. The molecule has 0 spiro atoms. The van der Waals surface area contributed by atoms with Crippen LogP contribution in [-0.2, 0) is 19.1 Å². The molecule has 0 saturated heterocycles. The third-order valence-corrected chi connectivity index (χ3v) is 2.13. The Bertz CT molecular complexity index is 262. The molecule has 0 aliphatic carbocycles. The summed E-state index contributed by atoms with van der Waals surface area (Å²) in [6, 6.07) is 0. The van der Waals surface area contributed by atoms with Crippen LogP contribution in [0, 0.1) is 5.92 Å². The lowest BCUT2D eigenvalue weighted by molar-refractivity contribution is -0.151. The van der Waals surface area contributed by atoms with Crippen molar-refractivity contribution in [2.45, 2.75) is 26.9 Å². The summed E-state index contributed by atoms with van der Waals surface area (Å²) in [5.41, 5.74) is 0. The van der Waals surface area contributed by atoms with Crippen molar-refractivity contribution in [1.82, 2.24) is 10.6 Å². The van der Waals surface area contributed by atoms with Gasteiger partial charge in [0.1, 0.15) is 0 Å². The minimum atomic E-state index is -0.338. The molecule has 0 aliphatic rings. The second-order valence-electron chi connectivity index (χ2n) is 4.36. The Morgan fingerprint density at radius 3 is 2.37 bits per heavy atom. The highest BCUT2D eigenvalue weighted by molar-refractivity contribution is 5.85. The maximum absolute atomic E-state index is 11.5. The van der Waals surface area contributed by atoms with Gasteiger partial charge in [-0.2, -0.15) is 0 Å². The standard InChI is InChI=1S/C12H24N2O4.ClH/c1-9(2)18-12(16)10(3)7-14-11(15)8-13-5-6-17-4;/h9-10,13H,5-8H2,1-4H3,(H,14,15);1H. The SMILES string of the molecule is COCCNCC(=O)NCC(C)C(=O)OC(C)C.Cl. The van der Waals surface area contributed by atoms with Gasteiger partial charge in [-0.3, -0.25) is 9.59 Å². The minimum absolute atomic E-state index is 0. The lowest BCUT2D eigenvalue weighted by atomic mass is 10.2. The first kappa shape index (κ1) is 20.5. The number of hydrogen-bond acceptors (Lipinski definition) is 5. The van der Waals surface area contributed by atoms with Crippen LogP contribution >= 0.6 is 12.4 Å². The van der Waals surface area contributed by atoms with Gasteiger partial charge in [-0.1, -0.05) is 6.92 Å². The van der Waals surface area contributed by atoms with Gasteiger partial charge in [0.05, 0.1) is 25.2 Å². The Morgan fingerprint density at radius 1 is 1.21 bits per heavy atom. The molecule has 0 fully saturated rings. The zero-order chi connectivity index (χ0) is 14.0. The molecule has 0 saturated carbocycles. The Kier molecular flexibility index (Phi) is 13.1. The van der Waals surface area contributed by atoms with Crippen molar-refractivity contribution >= 4 is 24.3 Å². The summed E-state index contributed by atoms with van der Waals surface area (Å²) >= 11 is 0. The molecule has 0 bridgehead atoms. The lowest BCUT2D eigenvalue weighted by Crippen LogP contribution is -2.39. The zero-order valence-corrected chi connectivity index (χ0v) is 12.8. The first-order valence-electron chi connectivity index (χ1n) is 6.14. The molecule has 1 atom stereocenters. The van der Waals surface area contributed by atoms with Crippen LogP contribution in [0.2, 0.25) is 0 Å². The Labute approximate surface area is 121 Å². The van der Waals surface area contributed by atoms with Crippen molar-refractivity contribution in [2.75, 3.05) is 33.4 Å². The van der Waals surface area contributed by atoms with Crippen molar-refractivity contribution in [3.8, 4) is 0 Å². The van der Waals surface area contributed by atoms with Gasteiger partial charge in [-0.05, 0) is 13.8 Å². The van der Waals surface area contributed by atoms with E-state index < -0.39 is 0 Å². The Balaban J connectivity index is 0. The van der Waals surface area contributed by atoms with Crippen molar-refractivity contribution < 1.29 is 19.1 Å². The average Bonchev–Trinajstić information content (AvgIpc) is 2.30. The van der Waals surface area contributed by atoms with Gasteiger partial charge in [0, 0.05) is 20.2 Å².